The lowest BCUT2D eigenvalue weighted by Gasteiger charge is -2.18. The van der Waals surface area contributed by atoms with Gasteiger partial charge in [-0.3, -0.25) is 0 Å². The Morgan fingerprint density at radius 2 is 1.61 bits per heavy atom. The Labute approximate surface area is 111 Å². The summed E-state index contributed by atoms with van der Waals surface area (Å²) in [6.45, 7) is 15.0. The molecular formula is C15H27N3. The first-order valence-corrected chi connectivity index (χ1v) is 7.00. The van der Waals surface area contributed by atoms with Gasteiger partial charge in [0.05, 0.1) is 0 Å². The summed E-state index contributed by atoms with van der Waals surface area (Å²) in [6.07, 6.45) is 0.962. The molecule has 0 aromatic carbocycles. The van der Waals surface area contributed by atoms with Crippen molar-refractivity contribution in [2.24, 2.45) is 5.92 Å². The van der Waals surface area contributed by atoms with Crippen molar-refractivity contribution in [1.82, 2.24) is 15.3 Å². The number of nitrogens with zero attached hydrogens (tertiary/aromatic N) is 2. The van der Waals surface area contributed by atoms with Crippen LogP contribution in [0.4, 0.5) is 0 Å². The maximum atomic E-state index is 4.66. The number of nitrogens with one attached hydrogen (secondary N) is 1. The van der Waals surface area contributed by atoms with Crippen LogP contribution in [0.15, 0.2) is 0 Å². The van der Waals surface area contributed by atoms with Crippen LogP contribution < -0.4 is 5.32 Å². The van der Waals surface area contributed by atoms with Gasteiger partial charge in [0, 0.05) is 24.4 Å². The van der Waals surface area contributed by atoms with E-state index < -0.39 is 0 Å². The lowest BCUT2D eigenvalue weighted by molar-refractivity contribution is 0.600. The monoisotopic (exact) mass is 249 g/mol. The molecule has 1 aromatic heterocycles. The highest BCUT2D eigenvalue weighted by molar-refractivity contribution is 5.28. The Kier molecular flexibility index (Phi) is 5.73. The van der Waals surface area contributed by atoms with Crippen molar-refractivity contribution in [1.29, 1.82) is 0 Å². The van der Waals surface area contributed by atoms with Gasteiger partial charge in [0.15, 0.2) is 0 Å². The SMILES string of the molecule is CCNCC(C)c1c(C)nc(CC(C)C)nc1C. The van der Waals surface area contributed by atoms with Crippen LogP contribution in [-0.4, -0.2) is 23.1 Å². The van der Waals surface area contributed by atoms with E-state index in [2.05, 4.69) is 56.8 Å². The molecule has 0 radical (unpaired) electrons. The maximum Gasteiger partial charge on any atom is 0.129 e. The van der Waals surface area contributed by atoms with Crippen LogP contribution in [0.25, 0.3) is 0 Å². The van der Waals surface area contributed by atoms with Gasteiger partial charge in [-0.25, -0.2) is 9.97 Å². The number of aryl methyl sites for hydroxylation is 2. The molecule has 0 spiro atoms. The number of hydrogen-bond acceptors (Lipinski definition) is 3. The van der Waals surface area contributed by atoms with Crippen LogP contribution in [0.3, 0.4) is 0 Å². The largest absolute Gasteiger partial charge is 0.316 e. The fourth-order valence-corrected chi connectivity index (χ4v) is 2.43. The summed E-state index contributed by atoms with van der Waals surface area (Å²) in [6, 6.07) is 0. The molecule has 0 fully saturated rings. The normalized spacial score (nSPS) is 13.1. The Hall–Kier alpha value is -0.960. The van der Waals surface area contributed by atoms with E-state index >= 15 is 0 Å². The van der Waals surface area contributed by atoms with Crippen LogP contribution in [0, 0.1) is 19.8 Å². The first-order valence-electron chi connectivity index (χ1n) is 7.00. The van der Waals surface area contributed by atoms with Crippen LogP contribution in [-0.2, 0) is 6.42 Å². The third kappa shape index (κ3) is 4.05. The standard InChI is InChI=1S/C15H27N3/c1-7-16-9-11(4)15-12(5)17-14(8-10(2)3)18-13(15)6/h10-11,16H,7-9H2,1-6H3. The van der Waals surface area contributed by atoms with E-state index in [9.17, 15) is 0 Å². The number of hydrogen-bond donors (Lipinski definition) is 1. The minimum Gasteiger partial charge on any atom is -0.316 e. The molecule has 1 unspecified atom stereocenters. The molecule has 102 valence electrons. The van der Waals surface area contributed by atoms with Gasteiger partial charge in [0.2, 0.25) is 0 Å². The molecule has 0 amide bonds. The van der Waals surface area contributed by atoms with Crippen molar-refractivity contribution in [2.75, 3.05) is 13.1 Å². The average Bonchev–Trinajstić information content (AvgIpc) is 2.24. The van der Waals surface area contributed by atoms with E-state index in [1.807, 2.05) is 0 Å². The van der Waals surface area contributed by atoms with Crippen LogP contribution in [0.5, 0.6) is 0 Å². The van der Waals surface area contributed by atoms with Gasteiger partial charge in [-0.2, -0.15) is 0 Å². The highest BCUT2D eigenvalue weighted by Gasteiger charge is 2.15. The minimum atomic E-state index is 0.470. The topological polar surface area (TPSA) is 37.8 Å². The molecule has 0 saturated carbocycles. The van der Waals surface area contributed by atoms with E-state index in [1.54, 1.807) is 0 Å². The molecule has 0 aliphatic rings. The van der Waals surface area contributed by atoms with Crippen LogP contribution in [0.2, 0.25) is 0 Å². The Morgan fingerprint density at radius 3 is 2.06 bits per heavy atom. The summed E-state index contributed by atoms with van der Waals surface area (Å²) >= 11 is 0. The van der Waals surface area contributed by atoms with Gasteiger partial charge < -0.3 is 5.32 Å². The van der Waals surface area contributed by atoms with Crippen molar-refractivity contribution in [3.05, 3.63) is 22.8 Å². The molecule has 3 heteroatoms. The zero-order valence-electron chi connectivity index (χ0n) is 12.7. The number of likely N-dealkylation sites (N-methyl/N-ethyl adjacent to an activating group) is 1. The third-order valence-corrected chi connectivity index (χ3v) is 3.16. The maximum absolute atomic E-state index is 4.66. The van der Waals surface area contributed by atoms with Crippen molar-refractivity contribution in [2.45, 2.75) is 53.9 Å². The van der Waals surface area contributed by atoms with Gasteiger partial charge in [-0.1, -0.05) is 27.7 Å². The van der Waals surface area contributed by atoms with Gasteiger partial charge in [0.25, 0.3) is 0 Å². The second kappa shape index (κ2) is 6.83. The zero-order chi connectivity index (χ0) is 13.7. The summed E-state index contributed by atoms with van der Waals surface area (Å²) in [5.41, 5.74) is 3.59. The number of aromatic nitrogens is 2. The highest BCUT2D eigenvalue weighted by Crippen LogP contribution is 2.21. The number of rotatable bonds is 6. The van der Waals surface area contributed by atoms with Gasteiger partial charge in [0.1, 0.15) is 5.82 Å². The molecule has 0 aliphatic heterocycles. The van der Waals surface area contributed by atoms with Crippen molar-refractivity contribution in [3.8, 4) is 0 Å². The fourth-order valence-electron chi connectivity index (χ4n) is 2.43. The molecule has 18 heavy (non-hydrogen) atoms. The molecule has 1 atom stereocenters. The molecule has 3 nitrogen and oxygen atoms in total. The third-order valence-electron chi connectivity index (χ3n) is 3.16. The van der Waals surface area contributed by atoms with Gasteiger partial charge >= 0.3 is 0 Å². The molecule has 1 rings (SSSR count). The fraction of sp³-hybridized carbons (Fsp3) is 0.733. The van der Waals surface area contributed by atoms with Crippen molar-refractivity contribution in [3.63, 3.8) is 0 Å². The van der Waals surface area contributed by atoms with E-state index in [-0.39, 0.29) is 0 Å². The predicted molar refractivity (Wildman–Crippen MR) is 77.0 cm³/mol. The first kappa shape index (κ1) is 15.1. The molecule has 0 saturated heterocycles. The van der Waals surface area contributed by atoms with E-state index in [0.29, 0.717) is 11.8 Å². The van der Waals surface area contributed by atoms with Crippen molar-refractivity contribution >= 4 is 0 Å². The first-order chi connectivity index (χ1) is 8.45. The lowest BCUT2D eigenvalue weighted by Crippen LogP contribution is -2.21. The highest BCUT2D eigenvalue weighted by atomic mass is 14.9. The molecule has 0 aliphatic carbocycles. The van der Waals surface area contributed by atoms with Gasteiger partial charge in [-0.05, 0) is 37.8 Å². The smallest absolute Gasteiger partial charge is 0.129 e. The zero-order valence-corrected chi connectivity index (χ0v) is 12.7. The Bertz CT molecular complexity index is 362. The molecule has 1 heterocycles. The van der Waals surface area contributed by atoms with Crippen LogP contribution >= 0.6 is 0 Å². The quantitative estimate of drug-likeness (QED) is 0.842. The molecule has 0 bridgehead atoms. The van der Waals surface area contributed by atoms with E-state index in [0.717, 1.165) is 36.7 Å². The second-order valence-corrected chi connectivity index (χ2v) is 5.53. The lowest BCUT2D eigenvalue weighted by atomic mass is 9.97. The van der Waals surface area contributed by atoms with Gasteiger partial charge in [-0.15, -0.1) is 0 Å². The summed E-state index contributed by atoms with van der Waals surface area (Å²) in [5.74, 6) is 2.06. The Balaban J connectivity index is 2.93. The molecule has 1 N–H and O–H groups in total. The second-order valence-electron chi connectivity index (χ2n) is 5.53. The minimum absolute atomic E-state index is 0.470. The van der Waals surface area contributed by atoms with Crippen LogP contribution in [0.1, 0.15) is 56.4 Å². The summed E-state index contributed by atoms with van der Waals surface area (Å²) in [4.78, 5) is 9.33. The van der Waals surface area contributed by atoms with E-state index in [4.69, 9.17) is 0 Å². The molecule has 1 aromatic rings. The van der Waals surface area contributed by atoms with Crippen molar-refractivity contribution < 1.29 is 0 Å². The molecular weight excluding hydrogens is 222 g/mol. The summed E-state index contributed by atoms with van der Waals surface area (Å²) in [7, 11) is 0. The summed E-state index contributed by atoms with van der Waals surface area (Å²) in [5, 5.41) is 3.39. The Morgan fingerprint density at radius 1 is 1.06 bits per heavy atom. The van der Waals surface area contributed by atoms with E-state index in [1.165, 1.54) is 5.56 Å². The average molecular weight is 249 g/mol. The summed E-state index contributed by atoms with van der Waals surface area (Å²) < 4.78 is 0. The predicted octanol–water partition coefficient (Wildman–Crippen LogP) is 3.00.